The van der Waals surface area contributed by atoms with E-state index in [2.05, 4.69) is 27.3 Å². The highest BCUT2D eigenvalue weighted by molar-refractivity contribution is 9.10. The molecule has 0 aliphatic heterocycles. The van der Waals surface area contributed by atoms with Crippen molar-refractivity contribution < 1.29 is 4.79 Å². The number of nitrogens with two attached hydrogens (primary N) is 1. The van der Waals surface area contributed by atoms with Gasteiger partial charge in [0.25, 0.3) is 0 Å². The summed E-state index contributed by atoms with van der Waals surface area (Å²) in [5.41, 5.74) is 8.98. The molecule has 0 fully saturated rings. The fraction of sp³-hybridized carbons (Fsp3) is 0.133. The van der Waals surface area contributed by atoms with Gasteiger partial charge < -0.3 is 11.1 Å². The fourth-order valence-electron chi connectivity index (χ4n) is 1.88. The number of hydrogen-bond acceptors (Lipinski definition) is 2. The summed E-state index contributed by atoms with van der Waals surface area (Å²) in [5.74, 6) is -0.402. The lowest BCUT2D eigenvalue weighted by Crippen LogP contribution is -2.15. The van der Waals surface area contributed by atoms with Crippen molar-refractivity contribution in [3.8, 4) is 0 Å². The van der Waals surface area contributed by atoms with Crippen LogP contribution in [-0.4, -0.2) is 5.91 Å². The lowest BCUT2D eigenvalue weighted by Gasteiger charge is -2.11. The maximum atomic E-state index is 11.3. The van der Waals surface area contributed by atoms with Crippen LogP contribution in [0, 0.1) is 6.92 Å². The van der Waals surface area contributed by atoms with Crippen LogP contribution in [0.2, 0.25) is 0 Å². The molecule has 3 nitrogen and oxygen atoms in total. The van der Waals surface area contributed by atoms with Crippen LogP contribution in [0.1, 0.15) is 21.5 Å². The van der Waals surface area contributed by atoms with Crippen LogP contribution in [0.3, 0.4) is 0 Å². The van der Waals surface area contributed by atoms with Crippen molar-refractivity contribution in [1.29, 1.82) is 0 Å². The van der Waals surface area contributed by atoms with Crippen LogP contribution >= 0.6 is 15.9 Å². The fourth-order valence-corrected chi connectivity index (χ4v) is 2.27. The molecule has 19 heavy (non-hydrogen) atoms. The van der Waals surface area contributed by atoms with Crippen molar-refractivity contribution in [2.24, 2.45) is 5.73 Å². The highest BCUT2D eigenvalue weighted by atomic mass is 79.9. The molecule has 3 N–H and O–H groups in total. The number of anilines is 1. The Balaban J connectivity index is 2.19. The van der Waals surface area contributed by atoms with Gasteiger partial charge in [0.1, 0.15) is 0 Å². The van der Waals surface area contributed by atoms with E-state index in [-0.39, 0.29) is 0 Å². The summed E-state index contributed by atoms with van der Waals surface area (Å²) in [6, 6.07) is 13.4. The Kier molecular flexibility index (Phi) is 4.22. The van der Waals surface area contributed by atoms with Gasteiger partial charge in [0, 0.05) is 22.3 Å². The molecule has 0 aromatic heterocycles. The predicted molar refractivity (Wildman–Crippen MR) is 81.2 cm³/mol. The first-order valence-corrected chi connectivity index (χ1v) is 6.75. The van der Waals surface area contributed by atoms with Crippen LogP contribution in [0.15, 0.2) is 46.9 Å². The van der Waals surface area contributed by atoms with Gasteiger partial charge >= 0.3 is 0 Å². The monoisotopic (exact) mass is 318 g/mol. The molecule has 0 atom stereocenters. The van der Waals surface area contributed by atoms with E-state index in [1.165, 1.54) is 5.56 Å². The highest BCUT2D eigenvalue weighted by Gasteiger charge is 2.07. The Labute approximate surface area is 121 Å². The van der Waals surface area contributed by atoms with Crippen molar-refractivity contribution in [3.63, 3.8) is 0 Å². The van der Waals surface area contributed by atoms with E-state index in [1.54, 1.807) is 6.07 Å². The summed E-state index contributed by atoms with van der Waals surface area (Å²) in [6.45, 7) is 2.59. The van der Waals surface area contributed by atoms with Gasteiger partial charge in [0.15, 0.2) is 0 Å². The lowest BCUT2D eigenvalue weighted by molar-refractivity contribution is 0.0999. The number of hydrogen-bond donors (Lipinski definition) is 2. The van der Waals surface area contributed by atoms with Gasteiger partial charge in [-0.05, 0) is 52.2 Å². The Morgan fingerprint density at radius 2 is 2.00 bits per heavy atom. The minimum Gasteiger partial charge on any atom is -0.380 e. The molecule has 0 heterocycles. The number of amides is 1. The van der Waals surface area contributed by atoms with Crippen LogP contribution < -0.4 is 11.1 Å². The summed E-state index contributed by atoms with van der Waals surface area (Å²) in [6.07, 6.45) is 0. The Morgan fingerprint density at radius 1 is 1.26 bits per heavy atom. The molecule has 0 aliphatic rings. The van der Waals surface area contributed by atoms with Gasteiger partial charge in [0.2, 0.25) is 5.91 Å². The Hall–Kier alpha value is -1.81. The van der Waals surface area contributed by atoms with Crippen molar-refractivity contribution in [2.45, 2.75) is 13.5 Å². The first kappa shape index (κ1) is 13.6. The molecular weight excluding hydrogens is 304 g/mol. The third kappa shape index (κ3) is 3.35. The average molecular weight is 319 g/mol. The van der Waals surface area contributed by atoms with Crippen LogP contribution in [0.5, 0.6) is 0 Å². The van der Waals surface area contributed by atoms with E-state index in [9.17, 15) is 4.79 Å². The standard InChI is InChI=1S/C15H15BrN2O/c1-10-6-7-13(16)14(8-10)18-9-11-4-2-3-5-12(11)15(17)19/h2-8,18H,9H2,1H3,(H2,17,19). The molecule has 2 rings (SSSR count). The molecule has 0 unspecified atom stereocenters. The molecule has 0 bridgehead atoms. The minimum absolute atomic E-state index is 0.402. The molecule has 0 aliphatic carbocycles. The van der Waals surface area contributed by atoms with Gasteiger partial charge in [-0.15, -0.1) is 0 Å². The lowest BCUT2D eigenvalue weighted by atomic mass is 10.1. The molecule has 0 saturated carbocycles. The highest BCUT2D eigenvalue weighted by Crippen LogP contribution is 2.24. The molecule has 0 spiro atoms. The maximum absolute atomic E-state index is 11.3. The topological polar surface area (TPSA) is 55.1 Å². The van der Waals surface area contributed by atoms with E-state index in [0.717, 1.165) is 15.7 Å². The van der Waals surface area contributed by atoms with E-state index in [4.69, 9.17) is 5.73 Å². The molecule has 4 heteroatoms. The smallest absolute Gasteiger partial charge is 0.249 e. The quantitative estimate of drug-likeness (QED) is 0.906. The third-order valence-corrected chi connectivity index (χ3v) is 3.57. The minimum atomic E-state index is -0.402. The van der Waals surface area contributed by atoms with Crippen LogP contribution in [0.25, 0.3) is 0 Å². The largest absolute Gasteiger partial charge is 0.380 e. The van der Waals surface area contributed by atoms with Crippen LogP contribution in [-0.2, 0) is 6.54 Å². The van der Waals surface area contributed by atoms with Gasteiger partial charge in [-0.25, -0.2) is 0 Å². The Bertz CT molecular complexity index is 611. The number of halogens is 1. The van der Waals surface area contributed by atoms with E-state index < -0.39 is 5.91 Å². The normalized spacial score (nSPS) is 10.2. The first-order valence-electron chi connectivity index (χ1n) is 5.95. The van der Waals surface area contributed by atoms with E-state index >= 15 is 0 Å². The van der Waals surface area contributed by atoms with E-state index in [1.807, 2.05) is 37.3 Å². The SMILES string of the molecule is Cc1ccc(Br)c(NCc2ccccc2C(N)=O)c1. The number of primary amides is 1. The van der Waals surface area contributed by atoms with Crippen molar-refractivity contribution in [1.82, 2.24) is 0 Å². The van der Waals surface area contributed by atoms with Gasteiger partial charge in [-0.3, -0.25) is 4.79 Å². The maximum Gasteiger partial charge on any atom is 0.249 e. The summed E-state index contributed by atoms with van der Waals surface area (Å²) >= 11 is 3.50. The number of aryl methyl sites for hydroxylation is 1. The number of nitrogens with one attached hydrogen (secondary N) is 1. The molecule has 2 aromatic carbocycles. The van der Waals surface area contributed by atoms with Gasteiger partial charge in [0.05, 0.1) is 0 Å². The predicted octanol–water partition coefficient (Wildman–Crippen LogP) is 3.47. The average Bonchev–Trinajstić information content (AvgIpc) is 2.40. The van der Waals surface area contributed by atoms with Crippen molar-refractivity contribution in [3.05, 3.63) is 63.6 Å². The second kappa shape index (κ2) is 5.89. The second-order valence-corrected chi connectivity index (χ2v) is 5.21. The molecule has 2 aromatic rings. The van der Waals surface area contributed by atoms with Gasteiger partial charge in [-0.2, -0.15) is 0 Å². The number of carbonyl (C=O) groups is 1. The molecule has 98 valence electrons. The summed E-state index contributed by atoms with van der Waals surface area (Å²) in [4.78, 5) is 11.3. The van der Waals surface area contributed by atoms with Gasteiger partial charge in [-0.1, -0.05) is 24.3 Å². The zero-order valence-corrected chi connectivity index (χ0v) is 12.2. The number of carbonyl (C=O) groups excluding carboxylic acids is 1. The van der Waals surface area contributed by atoms with E-state index in [0.29, 0.717) is 12.1 Å². The zero-order chi connectivity index (χ0) is 13.8. The van der Waals surface area contributed by atoms with Crippen LogP contribution in [0.4, 0.5) is 5.69 Å². The number of benzene rings is 2. The number of rotatable bonds is 4. The first-order chi connectivity index (χ1) is 9.08. The summed E-state index contributed by atoms with van der Waals surface area (Å²) in [5, 5.41) is 3.31. The second-order valence-electron chi connectivity index (χ2n) is 4.36. The molecule has 1 amide bonds. The Morgan fingerprint density at radius 3 is 2.74 bits per heavy atom. The summed E-state index contributed by atoms with van der Waals surface area (Å²) < 4.78 is 0.995. The third-order valence-electron chi connectivity index (χ3n) is 2.87. The molecule has 0 saturated heterocycles. The van der Waals surface area contributed by atoms with Crippen molar-refractivity contribution >= 4 is 27.5 Å². The zero-order valence-electron chi connectivity index (χ0n) is 10.6. The summed E-state index contributed by atoms with van der Waals surface area (Å²) in [7, 11) is 0. The molecular formula is C15H15BrN2O. The molecule has 0 radical (unpaired) electrons. The van der Waals surface area contributed by atoms with Crippen molar-refractivity contribution in [2.75, 3.05) is 5.32 Å².